The predicted molar refractivity (Wildman–Crippen MR) is 153 cm³/mol. The lowest BCUT2D eigenvalue weighted by molar-refractivity contribution is -0.139. The SMILES string of the molecule is CC(C)C(C(=O)O)N(c1cccc(Cl)c1)S(=O)(=O)c1cccc(NC(=O)COc2ccc(C(C)(C)C)cc2)c1. The van der Waals surface area contributed by atoms with Gasteiger partial charge in [-0.15, -0.1) is 0 Å². The van der Waals surface area contributed by atoms with Gasteiger partial charge >= 0.3 is 5.97 Å². The second-order valence-corrected chi connectivity index (χ2v) is 12.7. The van der Waals surface area contributed by atoms with Crippen LogP contribution in [0.15, 0.2) is 77.7 Å². The third kappa shape index (κ3) is 7.52. The van der Waals surface area contributed by atoms with Crippen molar-refractivity contribution in [2.45, 2.75) is 51.0 Å². The molecule has 0 bridgehead atoms. The largest absolute Gasteiger partial charge is 0.484 e. The number of aliphatic carboxylic acids is 1. The third-order valence-corrected chi connectivity index (χ3v) is 8.01. The number of ether oxygens (including phenoxy) is 1. The van der Waals surface area contributed by atoms with E-state index in [4.69, 9.17) is 16.3 Å². The molecule has 0 radical (unpaired) electrons. The Morgan fingerprint density at radius 3 is 2.21 bits per heavy atom. The van der Waals surface area contributed by atoms with Crippen molar-refractivity contribution in [3.05, 3.63) is 83.4 Å². The summed E-state index contributed by atoms with van der Waals surface area (Å²) in [6.45, 7) is 9.27. The Hall–Kier alpha value is -3.56. The molecule has 3 aromatic carbocycles. The van der Waals surface area contributed by atoms with Crippen LogP contribution < -0.4 is 14.4 Å². The topological polar surface area (TPSA) is 113 Å². The van der Waals surface area contributed by atoms with Crippen molar-refractivity contribution < 1.29 is 27.9 Å². The molecule has 0 aliphatic rings. The minimum Gasteiger partial charge on any atom is -0.484 e. The summed E-state index contributed by atoms with van der Waals surface area (Å²) in [6.07, 6.45) is 0. The van der Waals surface area contributed by atoms with E-state index in [2.05, 4.69) is 26.1 Å². The number of halogens is 1. The second-order valence-electron chi connectivity index (χ2n) is 10.4. The van der Waals surface area contributed by atoms with Gasteiger partial charge in [0.15, 0.2) is 6.61 Å². The minimum atomic E-state index is -4.38. The lowest BCUT2D eigenvalue weighted by Crippen LogP contribution is -2.48. The standard InChI is InChI=1S/C29H33ClN2O6S/c1-19(2)27(28(34)35)32(23-10-6-8-21(30)16-23)39(36,37)25-11-7-9-22(17-25)31-26(33)18-38-24-14-12-20(13-15-24)29(3,4)5/h6-17,19,27H,18H2,1-5H3,(H,31,33)(H,34,35). The first-order valence-corrected chi connectivity index (χ1v) is 14.2. The number of nitrogens with zero attached hydrogens (tertiary/aromatic N) is 1. The van der Waals surface area contributed by atoms with Crippen LogP contribution in [-0.4, -0.2) is 38.0 Å². The van der Waals surface area contributed by atoms with Crippen LogP contribution in [0.2, 0.25) is 5.02 Å². The molecule has 1 amide bonds. The van der Waals surface area contributed by atoms with Gasteiger partial charge in [0.05, 0.1) is 10.6 Å². The average Bonchev–Trinajstić information content (AvgIpc) is 2.85. The van der Waals surface area contributed by atoms with Crippen LogP contribution in [-0.2, 0) is 25.0 Å². The zero-order chi connectivity index (χ0) is 29.0. The summed E-state index contributed by atoms with van der Waals surface area (Å²) in [4.78, 5) is 24.6. The monoisotopic (exact) mass is 572 g/mol. The molecule has 0 spiro atoms. The lowest BCUT2D eigenvalue weighted by Gasteiger charge is -2.32. The van der Waals surface area contributed by atoms with Crippen molar-refractivity contribution in [3.63, 3.8) is 0 Å². The molecule has 39 heavy (non-hydrogen) atoms. The van der Waals surface area contributed by atoms with Crippen molar-refractivity contribution >= 4 is 44.9 Å². The number of carbonyl (C=O) groups is 2. The summed E-state index contributed by atoms with van der Waals surface area (Å²) in [5, 5.41) is 12.8. The first-order valence-electron chi connectivity index (χ1n) is 12.4. The fourth-order valence-electron chi connectivity index (χ4n) is 3.96. The summed E-state index contributed by atoms with van der Waals surface area (Å²) in [5.41, 5.74) is 1.45. The summed E-state index contributed by atoms with van der Waals surface area (Å²) in [5.74, 6) is -1.82. The van der Waals surface area contributed by atoms with Gasteiger partial charge in [-0.3, -0.25) is 9.10 Å². The van der Waals surface area contributed by atoms with Crippen LogP contribution in [0.4, 0.5) is 11.4 Å². The maximum Gasteiger partial charge on any atom is 0.327 e. The number of carbonyl (C=O) groups excluding carboxylic acids is 1. The molecule has 0 saturated carbocycles. The van der Waals surface area contributed by atoms with Crippen molar-refractivity contribution in [3.8, 4) is 5.75 Å². The van der Waals surface area contributed by atoms with E-state index in [0.717, 1.165) is 9.87 Å². The first kappa shape index (κ1) is 30.0. The minimum absolute atomic E-state index is 0.0107. The highest BCUT2D eigenvalue weighted by atomic mass is 35.5. The zero-order valence-corrected chi connectivity index (χ0v) is 24.1. The molecule has 8 nitrogen and oxygen atoms in total. The second kappa shape index (κ2) is 12.1. The number of benzene rings is 3. The molecule has 0 aliphatic heterocycles. The van der Waals surface area contributed by atoms with E-state index in [-0.39, 0.29) is 33.3 Å². The molecule has 3 aromatic rings. The number of anilines is 2. The van der Waals surface area contributed by atoms with Crippen LogP contribution in [0.5, 0.6) is 5.75 Å². The number of hydrogen-bond acceptors (Lipinski definition) is 5. The summed E-state index contributed by atoms with van der Waals surface area (Å²) < 4.78 is 34.1. The molecule has 208 valence electrons. The van der Waals surface area contributed by atoms with E-state index in [1.54, 1.807) is 38.1 Å². The quantitative estimate of drug-likeness (QED) is 0.310. The smallest absolute Gasteiger partial charge is 0.327 e. The van der Waals surface area contributed by atoms with Gasteiger partial charge in [-0.1, -0.05) is 70.5 Å². The molecule has 2 N–H and O–H groups in total. The number of amides is 1. The zero-order valence-electron chi connectivity index (χ0n) is 22.5. The van der Waals surface area contributed by atoms with E-state index in [1.807, 2.05) is 12.1 Å². The number of carboxylic acid groups (broad SMARTS) is 1. The van der Waals surface area contributed by atoms with Gasteiger partial charge < -0.3 is 15.2 Å². The van der Waals surface area contributed by atoms with Gasteiger partial charge in [0.2, 0.25) is 0 Å². The molecule has 10 heteroatoms. The van der Waals surface area contributed by atoms with Crippen molar-refractivity contribution in [2.75, 3.05) is 16.2 Å². The Balaban J connectivity index is 1.83. The van der Waals surface area contributed by atoms with Gasteiger partial charge in [0.25, 0.3) is 15.9 Å². The van der Waals surface area contributed by atoms with E-state index < -0.39 is 33.9 Å². The molecule has 0 fully saturated rings. The van der Waals surface area contributed by atoms with Gasteiger partial charge in [0.1, 0.15) is 11.8 Å². The molecule has 1 unspecified atom stereocenters. The molecule has 0 aromatic heterocycles. The van der Waals surface area contributed by atoms with Crippen LogP contribution in [0.25, 0.3) is 0 Å². The number of hydrogen-bond donors (Lipinski definition) is 2. The molecule has 1 atom stereocenters. The number of carboxylic acids is 1. The fraction of sp³-hybridized carbons (Fsp3) is 0.310. The maximum atomic E-state index is 13.8. The Bertz CT molecular complexity index is 1430. The summed E-state index contributed by atoms with van der Waals surface area (Å²) in [6, 6.07) is 17.7. The molecular weight excluding hydrogens is 540 g/mol. The van der Waals surface area contributed by atoms with E-state index >= 15 is 0 Å². The lowest BCUT2D eigenvalue weighted by atomic mass is 9.87. The van der Waals surface area contributed by atoms with E-state index in [0.29, 0.717) is 5.75 Å². The maximum absolute atomic E-state index is 13.8. The van der Waals surface area contributed by atoms with Crippen molar-refractivity contribution in [1.29, 1.82) is 0 Å². The fourth-order valence-corrected chi connectivity index (χ4v) is 5.93. The molecule has 0 heterocycles. The van der Waals surface area contributed by atoms with Crippen molar-refractivity contribution in [1.82, 2.24) is 0 Å². The van der Waals surface area contributed by atoms with E-state index in [9.17, 15) is 23.1 Å². The first-order chi connectivity index (χ1) is 18.2. The van der Waals surface area contributed by atoms with Gasteiger partial charge in [-0.25, -0.2) is 13.2 Å². The van der Waals surface area contributed by atoms with Crippen LogP contribution >= 0.6 is 11.6 Å². The molecule has 3 rings (SSSR count). The molecule has 0 saturated heterocycles. The van der Waals surface area contributed by atoms with Gasteiger partial charge in [-0.2, -0.15) is 0 Å². The Kier molecular flexibility index (Phi) is 9.30. The Morgan fingerprint density at radius 1 is 1.00 bits per heavy atom. The number of sulfonamides is 1. The van der Waals surface area contributed by atoms with Gasteiger partial charge in [-0.05, 0) is 65.4 Å². The predicted octanol–water partition coefficient (Wildman–Crippen LogP) is 5.96. The van der Waals surface area contributed by atoms with E-state index in [1.165, 1.54) is 36.4 Å². The van der Waals surface area contributed by atoms with Crippen LogP contribution in [0, 0.1) is 5.92 Å². The summed E-state index contributed by atoms with van der Waals surface area (Å²) >= 11 is 6.10. The highest BCUT2D eigenvalue weighted by molar-refractivity contribution is 7.93. The average molecular weight is 573 g/mol. The van der Waals surface area contributed by atoms with Crippen LogP contribution in [0.3, 0.4) is 0 Å². The molecular formula is C29H33ClN2O6S. The number of rotatable bonds is 10. The summed E-state index contributed by atoms with van der Waals surface area (Å²) in [7, 11) is -4.38. The van der Waals surface area contributed by atoms with Crippen molar-refractivity contribution in [2.24, 2.45) is 5.92 Å². The normalized spacial score (nSPS) is 12.6. The third-order valence-electron chi connectivity index (χ3n) is 5.96. The van der Waals surface area contributed by atoms with Crippen LogP contribution in [0.1, 0.15) is 40.2 Å². The molecule has 0 aliphatic carbocycles. The number of nitrogens with one attached hydrogen (secondary N) is 1. The Labute approximate surface area is 234 Å². The highest BCUT2D eigenvalue weighted by Gasteiger charge is 2.38. The van der Waals surface area contributed by atoms with Gasteiger partial charge in [0, 0.05) is 10.7 Å². The highest BCUT2D eigenvalue weighted by Crippen LogP contribution is 2.32. The Morgan fingerprint density at radius 2 is 1.64 bits per heavy atom.